The minimum atomic E-state index is -0.735. The van der Waals surface area contributed by atoms with Gasteiger partial charge in [-0.05, 0) is 38.3 Å². The zero-order chi connectivity index (χ0) is 12.3. The summed E-state index contributed by atoms with van der Waals surface area (Å²) in [6, 6.07) is 5.04. The highest BCUT2D eigenvalue weighted by Crippen LogP contribution is 2.24. The maximum Gasteiger partial charge on any atom is 0.514 e. The molecular formula is C13H14O4. The summed E-state index contributed by atoms with van der Waals surface area (Å²) in [5.41, 5.74) is 1.29. The third-order valence-electron chi connectivity index (χ3n) is 2.80. The Morgan fingerprint density at radius 1 is 1.41 bits per heavy atom. The Bertz CT molecular complexity index is 435. The average molecular weight is 234 g/mol. The highest BCUT2D eigenvalue weighted by atomic mass is 16.7. The highest BCUT2D eigenvalue weighted by molar-refractivity contribution is 5.81. The monoisotopic (exact) mass is 234 g/mol. The molecule has 17 heavy (non-hydrogen) atoms. The molecule has 0 bridgehead atoms. The van der Waals surface area contributed by atoms with Gasteiger partial charge in [0.15, 0.2) is 6.29 Å². The quantitative estimate of drug-likeness (QED) is 0.458. The van der Waals surface area contributed by atoms with E-state index in [2.05, 4.69) is 0 Å². The molecule has 0 atom stereocenters. The lowest BCUT2D eigenvalue weighted by molar-refractivity contribution is 0.0226. The lowest BCUT2D eigenvalue weighted by atomic mass is 9.96. The van der Waals surface area contributed by atoms with Crippen LogP contribution in [-0.2, 0) is 4.74 Å². The van der Waals surface area contributed by atoms with Gasteiger partial charge < -0.3 is 9.47 Å². The second kappa shape index (κ2) is 4.99. The Morgan fingerprint density at radius 3 is 2.76 bits per heavy atom. The number of hydrogen-bond acceptors (Lipinski definition) is 4. The van der Waals surface area contributed by atoms with Gasteiger partial charge >= 0.3 is 6.16 Å². The topological polar surface area (TPSA) is 52.6 Å². The summed E-state index contributed by atoms with van der Waals surface area (Å²) in [5.74, 6) is 0.245. The van der Waals surface area contributed by atoms with E-state index in [1.54, 1.807) is 18.2 Å². The first-order valence-electron chi connectivity index (χ1n) is 5.63. The number of ether oxygens (including phenoxy) is 2. The van der Waals surface area contributed by atoms with Gasteiger partial charge in [0.2, 0.25) is 0 Å². The lowest BCUT2D eigenvalue weighted by Crippen LogP contribution is -2.26. The van der Waals surface area contributed by atoms with Crippen LogP contribution in [0, 0.1) is 6.92 Å². The van der Waals surface area contributed by atoms with Crippen molar-refractivity contribution in [2.45, 2.75) is 32.3 Å². The van der Waals surface area contributed by atoms with Crippen LogP contribution in [0.25, 0.3) is 0 Å². The predicted octanol–water partition coefficient (Wildman–Crippen LogP) is 2.88. The molecule has 1 aromatic rings. The fraction of sp³-hybridized carbons (Fsp3) is 0.385. The maximum absolute atomic E-state index is 11.4. The second-order valence-electron chi connectivity index (χ2n) is 4.18. The number of hydrogen-bond donors (Lipinski definition) is 0. The van der Waals surface area contributed by atoms with Gasteiger partial charge in [-0.15, -0.1) is 0 Å². The maximum atomic E-state index is 11.4. The third-order valence-corrected chi connectivity index (χ3v) is 2.80. The van der Waals surface area contributed by atoms with Crippen LogP contribution >= 0.6 is 0 Å². The van der Waals surface area contributed by atoms with Crippen molar-refractivity contribution in [3.8, 4) is 5.75 Å². The minimum Gasteiger partial charge on any atom is -0.431 e. The summed E-state index contributed by atoms with van der Waals surface area (Å²) >= 11 is 0. The molecular weight excluding hydrogens is 220 g/mol. The summed E-state index contributed by atoms with van der Waals surface area (Å²) < 4.78 is 10.0. The predicted molar refractivity (Wildman–Crippen MR) is 61.3 cm³/mol. The first-order valence-corrected chi connectivity index (χ1v) is 5.63. The molecule has 1 aliphatic rings. The average Bonchev–Trinajstić information content (AvgIpc) is 2.26. The van der Waals surface area contributed by atoms with Crippen LogP contribution in [0.15, 0.2) is 18.2 Å². The van der Waals surface area contributed by atoms with E-state index in [1.807, 2.05) is 6.92 Å². The van der Waals surface area contributed by atoms with Crippen molar-refractivity contribution in [2.75, 3.05) is 0 Å². The number of benzene rings is 1. The summed E-state index contributed by atoms with van der Waals surface area (Å²) in [4.78, 5) is 22.2. The molecule has 1 saturated carbocycles. The highest BCUT2D eigenvalue weighted by Gasteiger charge is 2.23. The molecule has 4 nitrogen and oxygen atoms in total. The Labute approximate surface area is 99.5 Å². The van der Waals surface area contributed by atoms with Gasteiger partial charge in [0, 0.05) is 0 Å². The van der Waals surface area contributed by atoms with Crippen LogP contribution in [0.4, 0.5) is 4.79 Å². The molecule has 0 unspecified atom stereocenters. The summed E-state index contributed by atoms with van der Waals surface area (Å²) in [6.45, 7) is 1.86. The first-order chi connectivity index (χ1) is 8.19. The van der Waals surface area contributed by atoms with Crippen molar-refractivity contribution >= 4 is 12.4 Å². The lowest BCUT2D eigenvalue weighted by Gasteiger charge is -2.24. The van der Waals surface area contributed by atoms with E-state index < -0.39 is 6.16 Å². The van der Waals surface area contributed by atoms with E-state index in [0.717, 1.165) is 24.8 Å². The van der Waals surface area contributed by atoms with Gasteiger partial charge in [-0.2, -0.15) is 0 Å². The van der Waals surface area contributed by atoms with E-state index >= 15 is 0 Å². The van der Waals surface area contributed by atoms with Crippen LogP contribution in [0.5, 0.6) is 5.75 Å². The van der Waals surface area contributed by atoms with Gasteiger partial charge in [-0.25, -0.2) is 4.79 Å². The van der Waals surface area contributed by atoms with Crippen molar-refractivity contribution in [3.63, 3.8) is 0 Å². The van der Waals surface area contributed by atoms with Crippen LogP contribution in [-0.4, -0.2) is 18.5 Å². The molecule has 4 heteroatoms. The van der Waals surface area contributed by atoms with Crippen molar-refractivity contribution in [1.82, 2.24) is 0 Å². The fourth-order valence-corrected chi connectivity index (χ4v) is 1.59. The minimum absolute atomic E-state index is 0.0207. The molecule has 0 radical (unpaired) electrons. The van der Waals surface area contributed by atoms with Gasteiger partial charge in [0.25, 0.3) is 0 Å². The van der Waals surface area contributed by atoms with Crippen molar-refractivity contribution in [1.29, 1.82) is 0 Å². The molecule has 0 amide bonds. The van der Waals surface area contributed by atoms with E-state index in [0.29, 0.717) is 11.8 Å². The Balaban J connectivity index is 2.01. The van der Waals surface area contributed by atoms with Crippen LogP contribution in [0.3, 0.4) is 0 Å². The number of carbonyl (C=O) groups excluding carboxylic acids is 2. The van der Waals surface area contributed by atoms with Gasteiger partial charge in [0.05, 0.1) is 5.56 Å². The van der Waals surface area contributed by atoms with Gasteiger partial charge in [-0.1, -0.05) is 11.6 Å². The van der Waals surface area contributed by atoms with Gasteiger partial charge in [0.1, 0.15) is 11.9 Å². The van der Waals surface area contributed by atoms with E-state index in [9.17, 15) is 9.59 Å². The van der Waals surface area contributed by atoms with Crippen LogP contribution in [0.2, 0.25) is 0 Å². The largest absolute Gasteiger partial charge is 0.514 e. The zero-order valence-corrected chi connectivity index (χ0v) is 9.64. The van der Waals surface area contributed by atoms with E-state index in [1.165, 1.54) is 0 Å². The number of carbonyl (C=O) groups is 2. The van der Waals surface area contributed by atoms with Crippen molar-refractivity contribution in [2.24, 2.45) is 0 Å². The molecule has 0 spiro atoms. The summed E-state index contributed by atoms with van der Waals surface area (Å²) in [6.07, 6.45) is 2.78. The molecule has 1 aliphatic carbocycles. The number of aryl methyl sites for hydroxylation is 1. The second-order valence-corrected chi connectivity index (χ2v) is 4.18. The zero-order valence-electron chi connectivity index (χ0n) is 9.64. The number of aldehydes is 1. The van der Waals surface area contributed by atoms with Crippen LogP contribution < -0.4 is 4.74 Å². The Hall–Kier alpha value is -1.84. The molecule has 0 aliphatic heterocycles. The third kappa shape index (κ3) is 2.84. The van der Waals surface area contributed by atoms with Gasteiger partial charge in [-0.3, -0.25) is 4.79 Å². The summed E-state index contributed by atoms with van der Waals surface area (Å²) in [5, 5.41) is 0. The standard InChI is InChI=1S/C13H14O4/c1-9-5-6-12(10(7-9)8-14)17-13(15)16-11-3-2-4-11/h5-8,11H,2-4H2,1H3. The van der Waals surface area contributed by atoms with E-state index in [4.69, 9.17) is 9.47 Å². The van der Waals surface area contributed by atoms with E-state index in [-0.39, 0.29) is 11.9 Å². The Kier molecular flexibility index (Phi) is 3.42. The molecule has 0 aromatic heterocycles. The van der Waals surface area contributed by atoms with Crippen molar-refractivity contribution < 1.29 is 19.1 Å². The Morgan fingerprint density at radius 2 is 2.18 bits per heavy atom. The summed E-state index contributed by atoms with van der Waals surface area (Å²) in [7, 11) is 0. The molecule has 2 rings (SSSR count). The number of rotatable bonds is 3. The first kappa shape index (κ1) is 11.6. The molecule has 0 heterocycles. The fourth-order valence-electron chi connectivity index (χ4n) is 1.59. The van der Waals surface area contributed by atoms with Crippen molar-refractivity contribution in [3.05, 3.63) is 29.3 Å². The molecule has 0 N–H and O–H groups in total. The molecule has 1 fully saturated rings. The van der Waals surface area contributed by atoms with Crippen LogP contribution in [0.1, 0.15) is 35.2 Å². The molecule has 0 saturated heterocycles. The molecule has 90 valence electrons. The smallest absolute Gasteiger partial charge is 0.431 e. The molecule has 1 aromatic carbocycles. The normalized spacial score (nSPS) is 14.9. The SMILES string of the molecule is Cc1ccc(OC(=O)OC2CCC2)c(C=O)c1.